The Morgan fingerprint density at radius 2 is 1.64 bits per heavy atom. The Labute approximate surface area is 144 Å². The zero-order valence-electron chi connectivity index (χ0n) is 11.6. The minimum atomic E-state index is 0.986. The lowest BCUT2D eigenvalue weighted by molar-refractivity contribution is 1.25. The van der Waals surface area contributed by atoms with E-state index in [0.29, 0.717) is 0 Å². The van der Waals surface area contributed by atoms with E-state index in [1.165, 1.54) is 53.0 Å². The van der Waals surface area contributed by atoms with E-state index in [2.05, 4.69) is 85.4 Å². The zero-order chi connectivity index (χ0) is 14.8. The Balaban J connectivity index is 2.01. The van der Waals surface area contributed by atoms with Crippen molar-refractivity contribution < 1.29 is 0 Å². The average Bonchev–Trinajstić information content (AvgIpc) is 3.12. The minimum absolute atomic E-state index is 0.986. The summed E-state index contributed by atoms with van der Waals surface area (Å²) in [6, 6.07) is 17.2. The van der Waals surface area contributed by atoms with Crippen LogP contribution in [0, 0.1) is 0 Å². The molecule has 106 valence electrons. The van der Waals surface area contributed by atoms with Crippen molar-refractivity contribution in [2.45, 2.75) is 6.42 Å². The number of aromatic nitrogens is 1. The van der Waals surface area contributed by atoms with Crippen LogP contribution in [0.15, 0.2) is 57.5 Å². The van der Waals surface area contributed by atoms with Gasteiger partial charge in [0.15, 0.2) is 0 Å². The lowest BCUT2D eigenvalue weighted by atomic mass is 10.0. The van der Waals surface area contributed by atoms with Crippen LogP contribution in [0.5, 0.6) is 0 Å². The van der Waals surface area contributed by atoms with Gasteiger partial charge in [-0.25, -0.2) is 0 Å². The highest BCUT2D eigenvalue weighted by Crippen LogP contribution is 2.49. The van der Waals surface area contributed by atoms with Crippen LogP contribution in [0.3, 0.4) is 0 Å². The van der Waals surface area contributed by atoms with E-state index in [0.717, 1.165) is 6.42 Å². The topological polar surface area (TPSA) is 15.8 Å². The van der Waals surface area contributed by atoms with Crippen molar-refractivity contribution in [2.75, 3.05) is 0 Å². The van der Waals surface area contributed by atoms with Crippen molar-refractivity contribution >= 4 is 53.7 Å². The second-order valence-electron chi connectivity index (χ2n) is 5.74. The first-order chi connectivity index (χ1) is 10.8. The summed E-state index contributed by atoms with van der Waals surface area (Å²) < 4.78 is 2.39. The number of rotatable bonds is 0. The van der Waals surface area contributed by atoms with Crippen molar-refractivity contribution in [2.24, 2.45) is 0 Å². The van der Waals surface area contributed by atoms with E-state index < -0.39 is 0 Å². The van der Waals surface area contributed by atoms with Gasteiger partial charge in [-0.2, -0.15) is 0 Å². The van der Waals surface area contributed by atoms with E-state index in [-0.39, 0.29) is 0 Å². The minimum Gasteiger partial charge on any atom is -0.354 e. The van der Waals surface area contributed by atoms with Gasteiger partial charge < -0.3 is 4.98 Å². The molecule has 1 nitrogen and oxygen atoms in total. The number of aromatic amines is 1. The first kappa shape index (κ1) is 12.9. The highest BCUT2D eigenvalue weighted by molar-refractivity contribution is 9.11. The largest absolute Gasteiger partial charge is 0.354 e. The number of hydrogen-bond acceptors (Lipinski definition) is 0. The molecule has 3 aromatic carbocycles. The molecule has 1 N–H and O–H groups in total. The maximum absolute atomic E-state index is 3.89. The molecule has 1 heterocycles. The Morgan fingerprint density at radius 1 is 0.864 bits per heavy atom. The first-order valence-corrected chi connectivity index (χ1v) is 8.83. The molecule has 0 aliphatic heterocycles. The van der Waals surface area contributed by atoms with Gasteiger partial charge in [0.05, 0.1) is 5.52 Å². The molecule has 3 heteroatoms. The zero-order valence-corrected chi connectivity index (χ0v) is 14.8. The van der Waals surface area contributed by atoms with E-state index in [4.69, 9.17) is 0 Å². The van der Waals surface area contributed by atoms with Gasteiger partial charge in [-0.1, -0.05) is 42.5 Å². The summed E-state index contributed by atoms with van der Waals surface area (Å²) >= 11 is 7.75. The molecular weight excluding hydrogens is 402 g/mol. The van der Waals surface area contributed by atoms with Crippen LogP contribution in [-0.4, -0.2) is 4.98 Å². The van der Waals surface area contributed by atoms with E-state index >= 15 is 0 Å². The standard InChI is InChI=1S/C19H11Br2N/c20-17-13-9-10-5-1-2-6-11(10)15(13)18(21)19-16(17)12-7-3-4-8-14(12)22-19/h1-8,22H,9H2. The van der Waals surface area contributed by atoms with Gasteiger partial charge in [-0.05, 0) is 61.0 Å². The molecule has 5 rings (SSSR count). The molecular formula is C19H11Br2N. The number of H-pyrrole nitrogens is 1. The Bertz CT molecular complexity index is 1080. The number of fused-ring (bicyclic) bond motifs is 6. The van der Waals surface area contributed by atoms with Gasteiger partial charge in [0.1, 0.15) is 0 Å². The summed E-state index contributed by atoms with van der Waals surface area (Å²) in [6.45, 7) is 0. The molecule has 1 aliphatic carbocycles. The van der Waals surface area contributed by atoms with Gasteiger partial charge in [0.2, 0.25) is 0 Å². The summed E-state index contributed by atoms with van der Waals surface area (Å²) in [5.74, 6) is 0. The van der Waals surface area contributed by atoms with Gasteiger partial charge >= 0.3 is 0 Å². The van der Waals surface area contributed by atoms with Gasteiger partial charge in [-0.15, -0.1) is 0 Å². The molecule has 0 amide bonds. The van der Waals surface area contributed by atoms with E-state index in [1.807, 2.05) is 0 Å². The number of nitrogens with one attached hydrogen (secondary N) is 1. The highest BCUT2D eigenvalue weighted by Gasteiger charge is 2.27. The molecule has 1 aromatic heterocycles. The van der Waals surface area contributed by atoms with Crippen molar-refractivity contribution in [1.82, 2.24) is 4.98 Å². The van der Waals surface area contributed by atoms with Crippen molar-refractivity contribution in [3.05, 3.63) is 68.6 Å². The van der Waals surface area contributed by atoms with Gasteiger partial charge in [0.25, 0.3) is 0 Å². The average molecular weight is 413 g/mol. The predicted octanol–water partition coefficient (Wildman–Crippen LogP) is 6.42. The number of hydrogen-bond donors (Lipinski definition) is 1. The molecule has 22 heavy (non-hydrogen) atoms. The molecule has 0 fully saturated rings. The maximum Gasteiger partial charge on any atom is 0.0627 e. The molecule has 0 saturated carbocycles. The third kappa shape index (κ3) is 1.53. The molecule has 0 bridgehead atoms. The van der Waals surface area contributed by atoms with Crippen molar-refractivity contribution in [3.8, 4) is 11.1 Å². The van der Waals surface area contributed by atoms with Crippen LogP contribution in [0.4, 0.5) is 0 Å². The third-order valence-corrected chi connectivity index (χ3v) is 6.25. The smallest absolute Gasteiger partial charge is 0.0627 e. The molecule has 0 radical (unpaired) electrons. The Kier molecular flexibility index (Phi) is 2.62. The summed E-state index contributed by atoms with van der Waals surface area (Å²) in [4.78, 5) is 3.57. The lowest BCUT2D eigenvalue weighted by Crippen LogP contribution is -1.87. The van der Waals surface area contributed by atoms with Crippen LogP contribution in [0.25, 0.3) is 32.9 Å². The van der Waals surface area contributed by atoms with Gasteiger partial charge in [0, 0.05) is 30.8 Å². The Morgan fingerprint density at radius 3 is 2.55 bits per heavy atom. The van der Waals surface area contributed by atoms with E-state index in [9.17, 15) is 0 Å². The number of halogens is 2. The molecule has 1 aliphatic rings. The summed E-state index contributed by atoms with van der Waals surface area (Å²) in [5, 5.41) is 2.54. The molecule has 4 aromatic rings. The van der Waals surface area contributed by atoms with Crippen molar-refractivity contribution in [1.29, 1.82) is 0 Å². The van der Waals surface area contributed by atoms with Crippen LogP contribution < -0.4 is 0 Å². The fourth-order valence-corrected chi connectivity index (χ4v) is 5.11. The monoisotopic (exact) mass is 411 g/mol. The van der Waals surface area contributed by atoms with Crippen LogP contribution >= 0.6 is 31.9 Å². The molecule has 0 unspecified atom stereocenters. The van der Waals surface area contributed by atoms with Crippen molar-refractivity contribution in [3.63, 3.8) is 0 Å². The van der Waals surface area contributed by atoms with Gasteiger partial charge in [-0.3, -0.25) is 0 Å². The SMILES string of the molecule is Brc1c2c(c(Br)c3c1[nH]c1ccccc13)Cc1ccccc1-2. The number of para-hydroxylation sites is 1. The third-order valence-electron chi connectivity index (χ3n) is 4.59. The second kappa shape index (κ2) is 4.46. The summed E-state index contributed by atoms with van der Waals surface area (Å²) in [5.41, 5.74) is 7.78. The predicted molar refractivity (Wildman–Crippen MR) is 99.4 cm³/mol. The summed E-state index contributed by atoms with van der Waals surface area (Å²) in [7, 11) is 0. The van der Waals surface area contributed by atoms with Crippen LogP contribution in [0.2, 0.25) is 0 Å². The highest BCUT2D eigenvalue weighted by atomic mass is 79.9. The quantitative estimate of drug-likeness (QED) is 0.302. The Hall–Kier alpha value is -1.58. The summed E-state index contributed by atoms with van der Waals surface area (Å²) in [6.07, 6.45) is 0.986. The fourth-order valence-electron chi connectivity index (χ4n) is 3.61. The normalized spacial score (nSPS) is 12.8. The fraction of sp³-hybridized carbons (Fsp3) is 0.0526. The number of benzene rings is 3. The van der Waals surface area contributed by atoms with Crippen LogP contribution in [-0.2, 0) is 6.42 Å². The van der Waals surface area contributed by atoms with Crippen LogP contribution in [0.1, 0.15) is 11.1 Å². The molecule has 0 saturated heterocycles. The first-order valence-electron chi connectivity index (χ1n) is 7.24. The lowest BCUT2D eigenvalue weighted by Gasteiger charge is -2.09. The maximum atomic E-state index is 3.89. The molecule has 0 atom stereocenters. The molecule has 0 spiro atoms. The van der Waals surface area contributed by atoms with E-state index in [1.54, 1.807) is 0 Å². The second-order valence-corrected chi connectivity index (χ2v) is 7.32.